The number of methoxy groups -OCH3 is 1. The molecule has 4 rings (SSSR count). The molecule has 1 amide bonds. The van der Waals surface area contributed by atoms with Crippen molar-refractivity contribution in [3.05, 3.63) is 83.2 Å². The summed E-state index contributed by atoms with van der Waals surface area (Å²) in [4.78, 5) is 19.4. The number of imidazole rings is 1. The predicted octanol–water partition coefficient (Wildman–Crippen LogP) is 4.02. The molecular weight excluding hydrogens is 369 g/mol. The van der Waals surface area contributed by atoms with E-state index in [2.05, 4.69) is 9.55 Å². The molecule has 1 atom stereocenters. The first-order valence-electron chi connectivity index (χ1n) is 9.75. The molecular formula is C23H24FN3O2. The molecule has 5 nitrogen and oxygen atoms in total. The Morgan fingerprint density at radius 3 is 2.59 bits per heavy atom. The van der Waals surface area contributed by atoms with E-state index in [1.807, 2.05) is 18.0 Å². The van der Waals surface area contributed by atoms with Gasteiger partial charge in [-0.2, -0.15) is 0 Å². The molecule has 1 saturated heterocycles. The lowest BCUT2D eigenvalue weighted by atomic mass is 10.1. The zero-order chi connectivity index (χ0) is 20.4. The fourth-order valence-electron chi connectivity index (χ4n) is 3.86. The van der Waals surface area contributed by atoms with Crippen molar-refractivity contribution in [3.8, 4) is 5.75 Å². The summed E-state index contributed by atoms with van der Waals surface area (Å²) in [5.41, 5.74) is 2.75. The van der Waals surface area contributed by atoms with Crippen molar-refractivity contribution in [1.82, 2.24) is 14.5 Å². The summed E-state index contributed by atoms with van der Waals surface area (Å²) in [7, 11) is 1.61. The minimum atomic E-state index is -0.236. The quantitative estimate of drug-likeness (QED) is 0.658. The van der Waals surface area contributed by atoms with Crippen molar-refractivity contribution in [2.45, 2.75) is 25.8 Å². The molecule has 0 spiro atoms. The third-order valence-electron chi connectivity index (χ3n) is 5.52. The Bertz CT molecular complexity index is 996. The SMILES string of the molecule is COc1ccc(C(=O)N2CCC(c3ncc(C)n3Cc3ccc(F)cc3)C2)cc1. The summed E-state index contributed by atoms with van der Waals surface area (Å²) in [6, 6.07) is 13.8. The van der Waals surface area contributed by atoms with Crippen molar-refractivity contribution >= 4 is 5.91 Å². The topological polar surface area (TPSA) is 47.4 Å². The van der Waals surface area contributed by atoms with Crippen LogP contribution >= 0.6 is 0 Å². The molecule has 0 aliphatic carbocycles. The number of aryl methyl sites for hydroxylation is 1. The van der Waals surface area contributed by atoms with Gasteiger partial charge in [0.2, 0.25) is 0 Å². The lowest BCUT2D eigenvalue weighted by Gasteiger charge is -2.18. The molecule has 29 heavy (non-hydrogen) atoms. The molecule has 1 fully saturated rings. The van der Waals surface area contributed by atoms with Gasteiger partial charge in [-0.1, -0.05) is 12.1 Å². The van der Waals surface area contributed by atoms with Crippen molar-refractivity contribution in [2.75, 3.05) is 20.2 Å². The van der Waals surface area contributed by atoms with Gasteiger partial charge >= 0.3 is 0 Å². The Kier molecular flexibility index (Phi) is 5.34. The van der Waals surface area contributed by atoms with E-state index < -0.39 is 0 Å². The molecule has 2 heterocycles. The molecule has 0 N–H and O–H groups in total. The van der Waals surface area contributed by atoms with Gasteiger partial charge in [-0.05, 0) is 55.3 Å². The van der Waals surface area contributed by atoms with Crippen molar-refractivity contribution < 1.29 is 13.9 Å². The molecule has 0 bridgehead atoms. The van der Waals surface area contributed by atoms with Gasteiger partial charge in [-0.25, -0.2) is 9.37 Å². The van der Waals surface area contributed by atoms with Crippen LogP contribution in [0.25, 0.3) is 0 Å². The highest BCUT2D eigenvalue weighted by atomic mass is 19.1. The van der Waals surface area contributed by atoms with E-state index in [1.165, 1.54) is 12.1 Å². The van der Waals surface area contributed by atoms with Crippen molar-refractivity contribution in [2.24, 2.45) is 0 Å². The molecule has 150 valence electrons. The van der Waals surface area contributed by atoms with Crippen LogP contribution in [0, 0.1) is 12.7 Å². The first-order valence-corrected chi connectivity index (χ1v) is 9.75. The van der Waals surface area contributed by atoms with Gasteiger partial charge in [-0.15, -0.1) is 0 Å². The molecule has 1 aliphatic heterocycles. The van der Waals surface area contributed by atoms with Gasteiger partial charge in [0, 0.05) is 43.0 Å². The van der Waals surface area contributed by atoms with Crippen LogP contribution in [-0.4, -0.2) is 40.6 Å². The minimum Gasteiger partial charge on any atom is -0.497 e. The van der Waals surface area contributed by atoms with Crippen LogP contribution in [0.3, 0.4) is 0 Å². The van der Waals surface area contributed by atoms with Gasteiger partial charge in [0.15, 0.2) is 0 Å². The minimum absolute atomic E-state index is 0.0310. The van der Waals surface area contributed by atoms with Gasteiger partial charge in [0.25, 0.3) is 5.91 Å². The normalized spacial score (nSPS) is 16.2. The summed E-state index contributed by atoms with van der Waals surface area (Å²) in [6.45, 7) is 4.02. The summed E-state index contributed by atoms with van der Waals surface area (Å²) in [6.07, 6.45) is 2.74. The maximum atomic E-state index is 13.2. The van der Waals surface area contributed by atoms with Gasteiger partial charge in [0.1, 0.15) is 17.4 Å². The number of likely N-dealkylation sites (tertiary alicyclic amines) is 1. The summed E-state index contributed by atoms with van der Waals surface area (Å²) < 4.78 is 20.5. The number of rotatable bonds is 5. The third kappa shape index (κ3) is 4.01. The van der Waals surface area contributed by atoms with Crippen LogP contribution in [0.4, 0.5) is 4.39 Å². The number of ether oxygens (including phenoxy) is 1. The number of nitrogens with zero attached hydrogens (tertiary/aromatic N) is 3. The van der Waals surface area contributed by atoms with E-state index in [0.29, 0.717) is 25.2 Å². The lowest BCUT2D eigenvalue weighted by molar-refractivity contribution is 0.0790. The first-order chi connectivity index (χ1) is 14.0. The number of halogens is 1. The van der Waals surface area contributed by atoms with Crippen LogP contribution in [0.2, 0.25) is 0 Å². The second kappa shape index (κ2) is 8.07. The third-order valence-corrected chi connectivity index (χ3v) is 5.52. The highest BCUT2D eigenvalue weighted by Crippen LogP contribution is 2.29. The Morgan fingerprint density at radius 1 is 1.17 bits per heavy atom. The van der Waals surface area contributed by atoms with Crippen molar-refractivity contribution in [1.29, 1.82) is 0 Å². The molecule has 0 radical (unpaired) electrons. The Morgan fingerprint density at radius 2 is 1.90 bits per heavy atom. The maximum absolute atomic E-state index is 13.2. The average Bonchev–Trinajstić information content (AvgIpc) is 3.36. The average molecular weight is 393 g/mol. The Balaban J connectivity index is 1.49. The Labute approximate surface area is 169 Å². The summed E-state index contributed by atoms with van der Waals surface area (Å²) in [5, 5.41) is 0. The van der Waals surface area contributed by atoms with E-state index in [1.54, 1.807) is 43.5 Å². The van der Waals surface area contributed by atoms with Gasteiger partial charge in [-0.3, -0.25) is 4.79 Å². The van der Waals surface area contributed by atoms with Gasteiger partial charge < -0.3 is 14.2 Å². The number of carbonyl (C=O) groups is 1. The smallest absolute Gasteiger partial charge is 0.253 e. The summed E-state index contributed by atoms with van der Waals surface area (Å²) >= 11 is 0. The Hall–Kier alpha value is -3.15. The van der Waals surface area contributed by atoms with E-state index in [0.717, 1.165) is 29.3 Å². The number of hydrogen-bond acceptors (Lipinski definition) is 3. The van der Waals surface area contributed by atoms with Crippen LogP contribution in [0.1, 0.15) is 39.8 Å². The number of hydrogen-bond donors (Lipinski definition) is 0. The second-order valence-electron chi connectivity index (χ2n) is 7.44. The fourth-order valence-corrected chi connectivity index (χ4v) is 3.86. The van der Waals surface area contributed by atoms with E-state index >= 15 is 0 Å². The molecule has 1 unspecified atom stereocenters. The monoisotopic (exact) mass is 393 g/mol. The highest BCUT2D eigenvalue weighted by Gasteiger charge is 2.31. The van der Waals surface area contributed by atoms with Crippen LogP contribution in [0.5, 0.6) is 5.75 Å². The maximum Gasteiger partial charge on any atom is 0.253 e. The molecule has 1 aliphatic rings. The number of amides is 1. The van der Waals surface area contributed by atoms with E-state index in [9.17, 15) is 9.18 Å². The standard InChI is InChI=1S/C23H24FN3O2/c1-16-13-25-22(27(16)14-17-3-7-20(24)8-4-17)19-11-12-26(15-19)23(28)18-5-9-21(29-2)10-6-18/h3-10,13,19H,11-12,14-15H2,1-2H3. The van der Waals surface area contributed by atoms with E-state index in [-0.39, 0.29) is 17.6 Å². The molecule has 6 heteroatoms. The largest absolute Gasteiger partial charge is 0.497 e. The molecule has 0 saturated carbocycles. The first kappa shape index (κ1) is 19.2. The molecule has 1 aromatic heterocycles. The highest BCUT2D eigenvalue weighted by molar-refractivity contribution is 5.94. The fraction of sp³-hybridized carbons (Fsp3) is 0.304. The number of aromatic nitrogens is 2. The number of benzene rings is 2. The summed E-state index contributed by atoms with van der Waals surface area (Å²) in [5.74, 6) is 1.70. The molecule has 3 aromatic rings. The van der Waals surface area contributed by atoms with Crippen LogP contribution in [-0.2, 0) is 6.54 Å². The lowest BCUT2D eigenvalue weighted by Crippen LogP contribution is -2.28. The predicted molar refractivity (Wildman–Crippen MR) is 109 cm³/mol. The molecule has 2 aromatic carbocycles. The zero-order valence-electron chi connectivity index (χ0n) is 16.6. The zero-order valence-corrected chi connectivity index (χ0v) is 16.6. The number of carbonyl (C=O) groups excluding carboxylic acids is 1. The van der Waals surface area contributed by atoms with E-state index in [4.69, 9.17) is 4.74 Å². The van der Waals surface area contributed by atoms with Crippen LogP contribution in [0.15, 0.2) is 54.7 Å². The van der Waals surface area contributed by atoms with Gasteiger partial charge in [0.05, 0.1) is 7.11 Å². The van der Waals surface area contributed by atoms with Crippen molar-refractivity contribution in [3.63, 3.8) is 0 Å². The van der Waals surface area contributed by atoms with Crippen LogP contribution < -0.4 is 4.74 Å². The second-order valence-corrected chi connectivity index (χ2v) is 7.44.